The van der Waals surface area contributed by atoms with Crippen LogP contribution in [0.2, 0.25) is 0 Å². The highest BCUT2D eigenvalue weighted by molar-refractivity contribution is 5.38. The van der Waals surface area contributed by atoms with Crippen molar-refractivity contribution in [2.75, 3.05) is 39.1 Å². The van der Waals surface area contributed by atoms with Crippen LogP contribution in [0.1, 0.15) is 12.7 Å². The number of ether oxygens (including phenoxy) is 1. The van der Waals surface area contributed by atoms with Crippen LogP contribution in [0.3, 0.4) is 0 Å². The zero-order valence-corrected chi connectivity index (χ0v) is 10.4. The third kappa shape index (κ3) is 4.44. The fraction of sp³-hybridized carbons (Fsp3) is 0.636. The summed E-state index contributed by atoms with van der Waals surface area (Å²) in [5, 5.41) is 3.15. The second kappa shape index (κ2) is 6.27. The summed E-state index contributed by atoms with van der Waals surface area (Å²) in [6.45, 7) is 6.24. The molecule has 0 unspecified atom stereocenters. The first-order valence-electron chi connectivity index (χ1n) is 5.49. The van der Waals surface area contributed by atoms with E-state index in [2.05, 4.69) is 20.2 Å². The van der Waals surface area contributed by atoms with Crippen molar-refractivity contribution < 1.29 is 4.74 Å². The van der Waals surface area contributed by atoms with Crippen LogP contribution in [0.15, 0.2) is 6.07 Å². The summed E-state index contributed by atoms with van der Waals surface area (Å²) in [5.74, 6) is 2.17. The molecule has 1 aromatic rings. The lowest BCUT2D eigenvalue weighted by atomic mass is 10.5. The minimum Gasteiger partial charge on any atom is -0.476 e. The zero-order valence-electron chi connectivity index (χ0n) is 10.4. The lowest BCUT2D eigenvalue weighted by molar-refractivity contribution is 0.253. The molecule has 1 rings (SSSR count). The highest BCUT2D eigenvalue weighted by atomic mass is 16.5. The molecule has 0 aliphatic rings. The number of nitrogens with one attached hydrogen (secondary N) is 1. The number of anilines is 1. The van der Waals surface area contributed by atoms with Crippen molar-refractivity contribution >= 4 is 5.82 Å². The van der Waals surface area contributed by atoms with Crippen LogP contribution >= 0.6 is 0 Å². The van der Waals surface area contributed by atoms with E-state index in [0.29, 0.717) is 12.5 Å². The Balaban J connectivity index is 2.58. The van der Waals surface area contributed by atoms with Crippen LogP contribution in [0.25, 0.3) is 0 Å². The smallest absolute Gasteiger partial charge is 0.218 e. The molecule has 1 aromatic heterocycles. The van der Waals surface area contributed by atoms with Gasteiger partial charge in [0.15, 0.2) is 0 Å². The molecule has 0 radical (unpaired) electrons. The molecular weight excluding hydrogens is 204 g/mol. The molecule has 90 valence electrons. The second-order valence-corrected chi connectivity index (χ2v) is 3.82. The third-order valence-corrected chi connectivity index (χ3v) is 1.96. The first kappa shape index (κ1) is 12.7. The SMILES string of the molecule is CCNc1cc(OCCN(C)C)nc(C)n1. The number of aromatic nitrogens is 2. The van der Waals surface area contributed by atoms with E-state index in [0.717, 1.165) is 24.7 Å². The van der Waals surface area contributed by atoms with Gasteiger partial charge in [0.25, 0.3) is 0 Å². The van der Waals surface area contributed by atoms with E-state index in [1.165, 1.54) is 0 Å². The van der Waals surface area contributed by atoms with Gasteiger partial charge < -0.3 is 15.0 Å². The number of rotatable bonds is 6. The van der Waals surface area contributed by atoms with E-state index in [4.69, 9.17) is 4.74 Å². The van der Waals surface area contributed by atoms with Gasteiger partial charge in [0, 0.05) is 19.2 Å². The third-order valence-electron chi connectivity index (χ3n) is 1.96. The van der Waals surface area contributed by atoms with Gasteiger partial charge in [0.2, 0.25) is 5.88 Å². The average Bonchev–Trinajstić information content (AvgIpc) is 2.16. The van der Waals surface area contributed by atoms with Gasteiger partial charge in [-0.15, -0.1) is 0 Å². The Morgan fingerprint density at radius 3 is 2.75 bits per heavy atom. The number of hydrogen-bond donors (Lipinski definition) is 1. The summed E-state index contributed by atoms with van der Waals surface area (Å²) in [6, 6.07) is 1.83. The Bertz CT molecular complexity index is 328. The molecule has 16 heavy (non-hydrogen) atoms. The van der Waals surface area contributed by atoms with Crippen LogP contribution in [-0.4, -0.2) is 48.7 Å². The van der Waals surface area contributed by atoms with Gasteiger partial charge >= 0.3 is 0 Å². The molecule has 0 aliphatic heterocycles. The van der Waals surface area contributed by atoms with Crippen LogP contribution < -0.4 is 10.1 Å². The molecule has 0 saturated heterocycles. The normalized spacial score (nSPS) is 10.6. The standard InChI is InChI=1S/C11H20N4O/c1-5-12-10-8-11(14-9(2)13-10)16-7-6-15(3)4/h8H,5-7H2,1-4H3,(H,12,13,14). The van der Waals surface area contributed by atoms with Gasteiger partial charge in [-0.25, -0.2) is 4.98 Å². The molecule has 1 N–H and O–H groups in total. The molecule has 0 saturated carbocycles. The van der Waals surface area contributed by atoms with Gasteiger partial charge in [0.05, 0.1) is 0 Å². The van der Waals surface area contributed by atoms with Crippen LogP contribution in [0.5, 0.6) is 5.88 Å². The molecule has 1 heterocycles. The number of nitrogens with zero attached hydrogens (tertiary/aromatic N) is 3. The van der Waals surface area contributed by atoms with Gasteiger partial charge in [-0.05, 0) is 27.9 Å². The predicted molar refractivity (Wildman–Crippen MR) is 65.0 cm³/mol. The van der Waals surface area contributed by atoms with Crippen LogP contribution in [0, 0.1) is 6.92 Å². The van der Waals surface area contributed by atoms with Crippen molar-refractivity contribution in [3.8, 4) is 5.88 Å². The maximum absolute atomic E-state index is 5.55. The molecule has 5 nitrogen and oxygen atoms in total. The first-order chi connectivity index (χ1) is 7.61. The van der Waals surface area contributed by atoms with E-state index in [-0.39, 0.29) is 0 Å². The molecule has 0 aliphatic carbocycles. The van der Waals surface area contributed by atoms with Crippen LogP contribution in [0.4, 0.5) is 5.82 Å². The summed E-state index contributed by atoms with van der Waals surface area (Å²) in [7, 11) is 4.03. The van der Waals surface area contributed by atoms with Crippen molar-refractivity contribution in [1.82, 2.24) is 14.9 Å². The Labute approximate surface area is 96.8 Å². The maximum Gasteiger partial charge on any atom is 0.218 e. The number of aryl methyl sites for hydroxylation is 1. The van der Waals surface area contributed by atoms with Gasteiger partial charge in [-0.1, -0.05) is 0 Å². The van der Waals surface area contributed by atoms with E-state index >= 15 is 0 Å². The highest BCUT2D eigenvalue weighted by Crippen LogP contribution is 2.12. The van der Waals surface area contributed by atoms with Crippen molar-refractivity contribution in [1.29, 1.82) is 0 Å². The summed E-state index contributed by atoms with van der Waals surface area (Å²) >= 11 is 0. The molecule has 0 bridgehead atoms. The number of hydrogen-bond acceptors (Lipinski definition) is 5. The zero-order chi connectivity index (χ0) is 12.0. The first-order valence-corrected chi connectivity index (χ1v) is 5.49. The van der Waals surface area contributed by atoms with Crippen molar-refractivity contribution in [3.63, 3.8) is 0 Å². The quantitative estimate of drug-likeness (QED) is 0.785. The summed E-state index contributed by atoms with van der Waals surface area (Å²) in [5.41, 5.74) is 0. The predicted octanol–water partition coefficient (Wildman–Crippen LogP) is 1.16. The Kier molecular flexibility index (Phi) is 4.98. The Hall–Kier alpha value is -1.36. The van der Waals surface area contributed by atoms with Gasteiger partial charge in [-0.3, -0.25) is 0 Å². The molecule has 5 heteroatoms. The van der Waals surface area contributed by atoms with Gasteiger partial charge in [-0.2, -0.15) is 4.98 Å². The van der Waals surface area contributed by atoms with E-state index in [9.17, 15) is 0 Å². The van der Waals surface area contributed by atoms with Crippen molar-refractivity contribution in [3.05, 3.63) is 11.9 Å². The highest BCUT2D eigenvalue weighted by Gasteiger charge is 2.02. The molecule has 0 spiro atoms. The lowest BCUT2D eigenvalue weighted by Gasteiger charge is -2.11. The summed E-state index contributed by atoms with van der Waals surface area (Å²) < 4.78 is 5.55. The van der Waals surface area contributed by atoms with Crippen molar-refractivity contribution in [2.45, 2.75) is 13.8 Å². The van der Waals surface area contributed by atoms with Gasteiger partial charge in [0.1, 0.15) is 18.2 Å². The summed E-state index contributed by atoms with van der Waals surface area (Å²) in [6.07, 6.45) is 0. The monoisotopic (exact) mass is 224 g/mol. The minimum absolute atomic E-state index is 0.630. The fourth-order valence-corrected chi connectivity index (χ4v) is 1.22. The molecule has 0 fully saturated rings. The van der Waals surface area contributed by atoms with E-state index < -0.39 is 0 Å². The minimum atomic E-state index is 0.630. The Morgan fingerprint density at radius 1 is 1.38 bits per heavy atom. The molecular formula is C11H20N4O. The second-order valence-electron chi connectivity index (χ2n) is 3.82. The van der Waals surface area contributed by atoms with Crippen LogP contribution in [-0.2, 0) is 0 Å². The molecule has 0 amide bonds. The summed E-state index contributed by atoms with van der Waals surface area (Å²) in [4.78, 5) is 10.5. The maximum atomic E-state index is 5.55. The topological polar surface area (TPSA) is 50.3 Å². The van der Waals surface area contributed by atoms with Crippen molar-refractivity contribution in [2.24, 2.45) is 0 Å². The Morgan fingerprint density at radius 2 is 2.12 bits per heavy atom. The van der Waals surface area contributed by atoms with E-state index in [1.807, 2.05) is 34.0 Å². The number of likely N-dealkylation sites (N-methyl/N-ethyl adjacent to an activating group) is 1. The molecule has 0 aromatic carbocycles. The molecule has 0 atom stereocenters. The average molecular weight is 224 g/mol. The largest absolute Gasteiger partial charge is 0.476 e. The lowest BCUT2D eigenvalue weighted by Crippen LogP contribution is -2.19. The van der Waals surface area contributed by atoms with E-state index in [1.54, 1.807) is 0 Å². The fourth-order valence-electron chi connectivity index (χ4n) is 1.22.